The molecule has 1 nitrogen and oxygen atoms in total. The Morgan fingerprint density at radius 3 is 1.86 bits per heavy atom. The minimum Gasteiger partial charge on any atom is -0.342 e. The number of hydrogen-bond acceptors (Lipinski definition) is 1. The van der Waals surface area contributed by atoms with Crippen LogP contribution in [-0.2, 0) is 0 Å². The molecule has 0 amide bonds. The van der Waals surface area contributed by atoms with E-state index in [1.165, 1.54) is 6.54 Å². The van der Waals surface area contributed by atoms with Crippen molar-refractivity contribution in [2.75, 3.05) is 13.1 Å². The fraction of sp³-hybridized carbons (Fsp3) is 0.909. The summed E-state index contributed by atoms with van der Waals surface area (Å²) in [5.41, 5.74) is 0. The second-order valence-electron chi connectivity index (χ2n) is 5.24. The van der Waals surface area contributed by atoms with Gasteiger partial charge in [0.15, 0.2) is 0 Å². The van der Waals surface area contributed by atoms with E-state index in [2.05, 4.69) is 52.3 Å². The van der Waals surface area contributed by atoms with E-state index in [9.17, 15) is 0 Å². The molecule has 0 bridgehead atoms. The van der Waals surface area contributed by atoms with Crippen molar-refractivity contribution in [1.29, 1.82) is 0 Å². The number of hydrogen-bond donors (Lipinski definition) is 0. The molecule has 0 aromatic rings. The monoisotopic (exact) mass is 207 g/mol. The average molecular weight is 207 g/mol. The van der Waals surface area contributed by atoms with E-state index in [1.807, 2.05) is 0 Å². The van der Waals surface area contributed by atoms with Crippen LogP contribution in [0.25, 0.3) is 0 Å². The molecular weight excluding hydrogens is 181 g/mol. The third kappa shape index (κ3) is 4.10. The molecule has 80 valence electrons. The molecule has 0 rings (SSSR count). The van der Waals surface area contributed by atoms with E-state index in [4.69, 9.17) is 0 Å². The van der Waals surface area contributed by atoms with Crippen molar-refractivity contribution in [3.8, 4) is 0 Å². The van der Waals surface area contributed by atoms with Gasteiger partial charge < -0.3 is 11.5 Å². The Balaban J connectivity index is 0. The molecule has 0 aromatic carbocycles. The van der Waals surface area contributed by atoms with Crippen LogP contribution < -0.4 is 18.9 Å². The van der Waals surface area contributed by atoms with E-state index in [1.54, 1.807) is 0 Å². The second kappa shape index (κ2) is 6.38. The maximum atomic E-state index is 3.95. The van der Waals surface area contributed by atoms with Crippen molar-refractivity contribution in [3.63, 3.8) is 0 Å². The molecule has 0 unspecified atom stereocenters. The molecule has 0 heterocycles. The molecule has 3 heteroatoms. The summed E-state index contributed by atoms with van der Waals surface area (Å²) in [7, 11) is -1.26. The Morgan fingerprint density at radius 1 is 1.21 bits per heavy atom. The number of rotatable bonds is 4. The molecular formula is C11H26LiNSi. The Bertz CT molecular complexity index is 152. The van der Waals surface area contributed by atoms with E-state index >= 15 is 0 Å². The Morgan fingerprint density at radius 2 is 1.64 bits per heavy atom. The van der Waals surface area contributed by atoms with Gasteiger partial charge in [0.05, 0.1) is 0 Å². The summed E-state index contributed by atoms with van der Waals surface area (Å²) in [4.78, 5) is 0. The molecule has 0 aromatic heterocycles. The van der Waals surface area contributed by atoms with Crippen molar-refractivity contribution in [2.45, 2.75) is 52.2 Å². The van der Waals surface area contributed by atoms with Gasteiger partial charge in [-0.15, -0.1) is 0 Å². The van der Waals surface area contributed by atoms with Crippen molar-refractivity contribution in [2.24, 2.45) is 0 Å². The molecule has 0 fully saturated rings. The van der Waals surface area contributed by atoms with Crippen LogP contribution in [0.3, 0.4) is 0 Å². The van der Waals surface area contributed by atoms with Crippen molar-refractivity contribution >= 4 is 8.24 Å². The standard InChI is InChI=1S/C11H26NSi.Li/c1-8-10-12(9-2)13(6,7)11(3,4)5;/h1,8-10H2,2-7H3;/q-1;+1. The summed E-state index contributed by atoms with van der Waals surface area (Å²) in [6.07, 6.45) is 1.03. The zero-order valence-electron chi connectivity index (χ0n) is 11.3. The Labute approximate surface area is 104 Å². The van der Waals surface area contributed by atoms with Gasteiger partial charge in [0.2, 0.25) is 0 Å². The van der Waals surface area contributed by atoms with Gasteiger partial charge in [-0.1, -0.05) is 40.8 Å². The predicted octanol–water partition coefficient (Wildman–Crippen LogP) is 0.542. The van der Waals surface area contributed by atoms with E-state index in [-0.39, 0.29) is 18.9 Å². The summed E-state index contributed by atoms with van der Waals surface area (Å²) >= 11 is 0. The van der Waals surface area contributed by atoms with Crippen LogP contribution in [0, 0.1) is 6.92 Å². The summed E-state index contributed by atoms with van der Waals surface area (Å²) in [5, 5.41) is 0.457. The third-order valence-corrected chi connectivity index (χ3v) is 9.23. The van der Waals surface area contributed by atoms with Gasteiger partial charge in [-0.25, -0.2) is 0 Å². The zero-order chi connectivity index (χ0) is 10.7. The van der Waals surface area contributed by atoms with Gasteiger partial charge in [0.1, 0.15) is 8.24 Å². The smallest absolute Gasteiger partial charge is 0.342 e. The Kier molecular flexibility index (Phi) is 7.82. The van der Waals surface area contributed by atoms with Gasteiger partial charge in [-0.2, -0.15) is 6.42 Å². The van der Waals surface area contributed by atoms with Crippen molar-refractivity contribution in [3.05, 3.63) is 6.92 Å². The molecule has 14 heavy (non-hydrogen) atoms. The van der Waals surface area contributed by atoms with Gasteiger partial charge in [0.25, 0.3) is 0 Å². The molecule has 0 radical (unpaired) electrons. The van der Waals surface area contributed by atoms with Gasteiger partial charge in [-0.05, 0) is 18.1 Å². The normalized spacial score (nSPS) is 12.9. The topological polar surface area (TPSA) is 3.24 Å². The average Bonchev–Trinajstić information content (AvgIpc) is 1.97. The predicted molar refractivity (Wildman–Crippen MR) is 64.4 cm³/mol. The summed E-state index contributed by atoms with van der Waals surface area (Å²) in [5.74, 6) is 0. The fourth-order valence-electron chi connectivity index (χ4n) is 1.50. The minimum absolute atomic E-state index is 0. The van der Waals surface area contributed by atoms with E-state index < -0.39 is 8.24 Å². The molecule has 0 spiro atoms. The van der Waals surface area contributed by atoms with Crippen LogP contribution in [0.4, 0.5) is 0 Å². The van der Waals surface area contributed by atoms with E-state index in [0.29, 0.717) is 5.04 Å². The first kappa shape index (κ1) is 17.2. The maximum Gasteiger partial charge on any atom is 1.00 e. The minimum atomic E-state index is -1.26. The van der Waals surface area contributed by atoms with Crippen molar-refractivity contribution in [1.82, 2.24) is 4.57 Å². The van der Waals surface area contributed by atoms with E-state index in [0.717, 1.165) is 13.0 Å². The third-order valence-electron chi connectivity index (χ3n) is 3.44. The van der Waals surface area contributed by atoms with Crippen LogP contribution >= 0.6 is 0 Å². The Hall–Kier alpha value is 0.774. The molecule has 0 aliphatic heterocycles. The SMILES string of the molecule is [CH2-]CCN(CC)[Si](C)(C)C(C)(C)C.[Li+]. The number of nitrogens with zero attached hydrogens (tertiary/aromatic N) is 1. The van der Waals surface area contributed by atoms with Crippen LogP contribution in [0.1, 0.15) is 34.1 Å². The van der Waals surface area contributed by atoms with Gasteiger partial charge in [0, 0.05) is 0 Å². The first-order chi connectivity index (χ1) is 5.77. The second-order valence-corrected chi connectivity index (χ2v) is 10.5. The van der Waals surface area contributed by atoms with Crippen molar-refractivity contribution < 1.29 is 18.9 Å². The quantitative estimate of drug-likeness (QED) is 0.480. The molecule has 0 N–H and O–H groups in total. The first-order valence-corrected chi connectivity index (χ1v) is 8.26. The largest absolute Gasteiger partial charge is 1.00 e. The molecule has 0 aliphatic rings. The van der Waals surface area contributed by atoms with Gasteiger partial charge >= 0.3 is 18.9 Å². The maximum absolute atomic E-state index is 3.95. The molecule has 0 saturated carbocycles. The van der Waals surface area contributed by atoms with Crippen LogP contribution in [-0.4, -0.2) is 25.9 Å². The first-order valence-electron chi connectivity index (χ1n) is 5.31. The van der Waals surface area contributed by atoms with Crippen LogP contribution in [0.5, 0.6) is 0 Å². The fourth-order valence-corrected chi connectivity index (χ4v) is 3.95. The molecule has 0 atom stereocenters. The molecule has 0 saturated heterocycles. The van der Waals surface area contributed by atoms with Gasteiger partial charge in [-0.3, -0.25) is 0 Å². The molecule has 0 aliphatic carbocycles. The summed E-state index contributed by atoms with van der Waals surface area (Å²) in [6.45, 7) is 20.6. The summed E-state index contributed by atoms with van der Waals surface area (Å²) < 4.78 is 2.65. The zero-order valence-corrected chi connectivity index (χ0v) is 12.3. The summed E-state index contributed by atoms with van der Waals surface area (Å²) in [6, 6.07) is 0. The van der Waals surface area contributed by atoms with Crippen LogP contribution in [0.15, 0.2) is 0 Å². The van der Waals surface area contributed by atoms with Crippen LogP contribution in [0.2, 0.25) is 18.1 Å².